The molecule has 1 saturated heterocycles. The fraction of sp³-hybridized carbons (Fsp3) is 0.417. The van der Waals surface area contributed by atoms with Gasteiger partial charge >= 0.3 is 6.18 Å². The Kier molecular flexibility index (Phi) is 6.30. The Hall–Kier alpha value is -1.70. The third-order valence-corrected chi connectivity index (χ3v) is 8.64. The molecule has 0 amide bonds. The average molecular weight is 515 g/mol. The van der Waals surface area contributed by atoms with Crippen LogP contribution < -0.4 is 0 Å². The van der Waals surface area contributed by atoms with Gasteiger partial charge < -0.3 is 0 Å². The van der Waals surface area contributed by atoms with Crippen LogP contribution >= 0.6 is 35.0 Å². The molecule has 0 aliphatic carbocycles. The highest BCUT2D eigenvalue weighted by atomic mass is 35.5. The Balaban J connectivity index is 1.66. The Labute approximate surface area is 205 Å². The van der Waals surface area contributed by atoms with Crippen molar-refractivity contribution >= 4 is 46.5 Å². The van der Waals surface area contributed by atoms with Crippen molar-refractivity contribution in [1.29, 1.82) is 0 Å². The van der Waals surface area contributed by atoms with Crippen LogP contribution in [0.15, 0.2) is 41.5 Å². The number of carbonyl (C=O) groups is 1. The Morgan fingerprint density at radius 3 is 2.30 bits per heavy atom. The van der Waals surface area contributed by atoms with E-state index in [1.165, 1.54) is 25.2 Å². The molecule has 33 heavy (non-hydrogen) atoms. The van der Waals surface area contributed by atoms with E-state index in [-0.39, 0.29) is 32.5 Å². The fourth-order valence-electron chi connectivity index (χ4n) is 4.54. The SMILES string of the molecule is Cc1cc(C2=NN(C)C(c3cc(Cl)cc(Cl)c3)(C(F)(F)F)C2)ccc1C(=O)CC1(C)CSC1. The first-order valence-electron chi connectivity index (χ1n) is 10.4. The summed E-state index contributed by atoms with van der Waals surface area (Å²) in [5.41, 5.74) is -0.258. The van der Waals surface area contributed by atoms with E-state index in [2.05, 4.69) is 12.0 Å². The van der Waals surface area contributed by atoms with Gasteiger partial charge in [0.2, 0.25) is 0 Å². The van der Waals surface area contributed by atoms with Gasteiger partial charge in [-0.05, 0) is 64.8 Å². The smallest absolute Gasteiger partial charge is 0.294 e. The molecular weight excluding hydrogens is 492 g/mol. The predicted octanol–water partition coefficient (Wildman–Crippen LogP) is 7.13. The molecule has 1 atom stereocenters. The second-order valence-corrected chi connectivity index (χ2v) is 11.1. The Bertz CT molecular complexity index is 1130. The van der Waals surface area contributed by atoms with Gasteiger partial charge in [0.05, 0.1) is 5.71 Å². The van der Waals surface area contributed by atoms with Gasteiger partial charge in [0.15, 0.2) is 11.3 Å². The van der Waals surface area contributed by atoms with Crippen LogP contribution in [-0.4, -0.2) is 41.2 Å². The minimum Gasteiger partial charge on any atom is -0.294 e. The number of benzene rings is 2. The van der Waals surface area contributed by atoms with E-state index < -0.39 is 18.1 Å². The van der Waals surface area contributed by atoms with Crippen molar-refractivity contribution in [3.63, 3.8) is 0 Å². The topological polar surface area (TPSA) is 32.7 Å². The van der Waals surface area contributed by atoms with E-state index in [1.54, 1.807) is 18.2 Å². The van der Waals surface area contributed by atoms with Crippen LogP contribution in [0.3, 0.4) is 0 Å². The summed E-state index contributed by atoms with van der Waals surface area (Å²) >= 11 is 13.9. The van der Waals surface area contributed by atoms with Gasteiger partial charge in [0.25, 0.3) is 0 Å². The third-order valence-electron chi connectivity index (χ3n) is 6.40. The van der Waals surface area contributed by atoms with Gasteiger partial charge in [-0.2, -0.15) is 30.0 Å². The number of alkyl halides is 3. The normalized spacial score (nSPS) is 22.2. The largest absolute Gasteiger partial charge is 0.417 e. The maximum absolute atomic E-state index is 14.5. The summed E-state index contributed by atoms with van der Waals surface area (Å²) in [4.78, 5) is 12.8. The molecule has 2 heterocycles. The molecule has 176 valence electrons. The summed E-state index contributed by atoms with van der Waals surface area (Å²) in [6.07, 6.45) is -4.57. The lowest BCUT2D eigenvalue weighted by Crippen LogP contribution is -2.50. The molecular formula is C24H23Cl2F3N2OS. The van der Waals surface area contributed by atoms with Crippen LogP contribution in [0.5, 0.6) is 0 Å². The molecule has 2 aromatic carbocycles. The van der Waals surface area contributed by atoms with Crippen molar-refractivity contribution in [3.05, 3.63) is 68.7 Å². The van der Waals surface area contributed by atoms with Crippen molar-refractivity contribution < 1.29 is 18.0 Å². The number of hydrazone groups is 1. The molecule has 3 nitrogen and oxygen atoms in total. The number of hydrogen-bond acceptors (Lipinski definition) is 4. The Morgan fingerprint density at radius 2 is 1.79 bits per heavy atom. The molecule has 2 aromatic rings. The summed E-state index contributed by atoms with van der Waals surface area (Å²) in [5, 5.41) is 5.46. The molecule has 0 bridgehead atoms. The number of rotatable bonds is 5. The summed E-state index contributed by atoms with van der Waals surface area (Å²) < 4.78 is 43.5. The number of halogens is 5. The highest BCUT2D eigenvalue weighted by Gasteiger charge is 2.62. The molecule has 1 unspecified atom stereocenters. The zero-order valence-corrected chi connectivity index (χ0v) is 20.7. The molecule has 0 saturated carbocycles. The van der Waals surface area contributed by atoms with Crippen molar-refractivity contribution in [3.8, 4) is 0 Å². The second-order valence-electron chi connectivity index (χ2n) is 9.20. The van der Waals surface area contributed by atoms with Crippen molar-refractivity contribution in [2.45, 2.75) is 38.4 Å². The second kappa shape index (κ2) is 8.51. The van der Waals surface area contributed by atoms with E-state index in [0.717, 1.165) is 22.1 Å². The van der Waals surface area contributed by atoms with E-state index >= 15 is 0 Å². The fourth-order valence-corrected chi connectivity index (χ4v) is 6.17. The minimum atomic E-state index is -4.64. The first-order chi connectivity index (χ1) is 15.3. The lowest BCUT2D eigenvalue weighted by atomic mass is 9.82. The monoisotopic (exact) mass is 514 g/mol. The molecule has 0 aromatic heterocycles. The van der Waals surface area contributed by atoms with Gasteiger partial charge in [-0.3, -0.25) is 9.80 Å². The van der Waals surface area contributed by atoms with E-state index in [1.807, 2.05) is 18.7 Å². The average Bonchev–Trinajstić information content (AvgIpc) is 3.04. The van der Waals surface area contributed by atoms with Gasteiger partial charge in [-0.1, -0.05) is 42.3 Å². The Morgan fingerprint density at radius 1 is 1.15 bits per heavy atom. The maximum atomic E-state index is 14.5. The van der Waals surface area contributed by atoms with Crippen LogP contribution in [-0.2, 0) is 5.54 Å². The van der Waals surface area contributed by atoms with Crippen LogP contribution in [0, 0.1) is 12.3 Å². The molecule has 9 heteroatoms. The number of nitrogens with zero attached hydrogens (tertiary/aromatic N) is 2. The zero-order chi connectivity index (χ0) is 24.2. The third kappa shape index (κ3) is 4.40. The standard InChI is InChI=1S/C24H23Cl2F3N2OS/c1-14-6-15(4-5-19(14)21(32)11-22(2)12-33-13-22)20-10-23(24(27,28)29,31(3)30-20)16-7-17(25)9-18(26)8-16/h4-9H,10-13H2,1-3H3. The lowest BCUT2D eigenvalue weighted by molar-refractivity contribution is -0.227. The van der Waals surface area contributed by atoms with Gasteiger partial charge in [0.1, 0.15) is 0 Å². The van der Waals surface area contributed by atoms with Crippen molar-refractivity contribution in [2.24, 2.45) is 10.5 Å². The van der Waals surface area contributed by atoms with Gasteiger partial charge in [-0.15, -0.1) is 0 Å². The van der Waals surface area contributed by atoms with Crippen LogP contribution in [0.1, 0.15) is 46.8 Å². The molecule has 2 aliphatic rings. The first-order valence-corrected chi connectivity index (χ1v) is 12.3. The van der Waals surface area contributed by atoms with E-state index in [4.69, 9.17) is 23.2 Å². The summed E-state index contributed by atoms with van der Waals surface area (Å²) in [6, 6.07) is 9.09. The number of carbonyl (C=O) groups excluding carboxylic acids is 1. The number of hydrogen-bond donors (Lipinski definition) is 0. The van der Waals surface area contributed by atoms with Crippen LogP contribution in [0.2, 0.25) is 10.0 Å². The molecule has 0 N–H and O–H groups in total. The molecule has 0 spiro atoms. The van der Waals surface area contributed by atoms with Crippen molar-refractivity contribution in [1.82, 2.24) is 5.01 Å². The first kappa shape index (κ1) is 24.4. The summed E-state index contributed by atoms with van der Waals surface area (Å²) in [5.74, 6) is 1.99. The molecule has 2 aliphatic heterocycles. The highest BCUT2D eigenvalue weighted by molar-refractivity contribution is 8.00. The lowest BCUT2D eigenvalue weighted by Gasteiger charge is -2.37. The maximum Gasteiger partial charge on any atom is 0.417 e. The number of thioether (sulfide) groups is 1. The van der Waals surface area contributed by atoms with Crippen LogP contribution in [0.25, 0.3) is 0 Å². The minimum absolute atomic E-state index is 0.0235. The zero-order valence-electron chi connectivity index (χ0n) is 18.4. The molecule has 4 rings (SSSR count). The number of aryl methyl sites for hydroxylation is 1. The van der Waals surface area contributed by atoms with Crippen molar-refractivity contribution in [2.75, 3.05) is 18.6 Å². The van der Waals surface area contributed by atoms with E-state index in [0.29, 0.717) is 17.5 Å². The number of Topliss-reactive ketones (excluding diaryl/α,β-unsaturated/α-hetero) is 1. The quantitative estimate of drug-likeness (QED) is 0.398. The van der Waals surface area contributed by atoms with Gasteiger partial charge in [0, 0.05) is 35.5 Å². The van der Waals surface area contributed by atoms with Crippen LogP contribution in [0.4, 0.5) is 13.2 Å². The highest BCUT2D eigenvalue weighted by Crippen LogP contribution is 2.50. The molecule has 1 fully saturated rings. The van der Waals surface area contributed by atoms with Gasteiger partial charge in [-0.25, -0.2) is 0 Å². The molecule has 0 radical (unpaired) electrons. The summed E-state index contributed by atoms with van der Waals surface area (Å²) in [6.45, 7) is 3.91. The summed E-state index contributed by atoms with van der Waals surface area (Å²) in [7, 11) is 1.30. The number of ketones is 1. The van der Waals surface area contributed by atoms with E-state index in [9.17, 15) is 18.0 Å². The predicted molar refractivity (Wildman–Crippen MR) is 129 cm³/mol.